The number of nitrogen functional groups attached to an aromatic ring is 1. The van der Waals surface area contributed by atoms with Crippen molar-refractivity contribution in [3.05, 3.63) is 16.0 Å². The number of nitrogens with zero attached hydrogens (tertiary/aromatic N) is 7. The minimum absolute atomic E-state index is 0.148. The third kappa shape index (κ3) is 4.02. The van der Waals surface area contributed by atoms with Gasteiger partial charge in [-0.3, -0.25) is 4.90 Å². The first-order chi connectivity index (χ1) is 19.1. The predicted molar refractivity (Wildman–Crippen MR) is 147 cm³/mol. The zero-order chi connectivity index (χ0) is 27.9. The minimum atomic E-state index is -1.30. The number of aryl methyl sites for hydroxylation is 1. The molecule has 40 heavy (non-hydrogen) atoms. The van der Waals surface area contributed by atoms with Crippen molar-refractivity contribution >= 4 is 28.2 Å². The van der Waals surface area contributed by atoms with E-state index in [1.165, 1.54) is 16.2 Å². The lowest BCUT2D eigenvalue weighted by atomic mass is 9.74. The van der Waals surface area contributed by atoms with Gasteiger partial charge in [0.25, 0.3) is 0 Å². The summed E-state index contributed by atoms with van der Waals surface area (Å²) in [4.78, 5) is 21.4. The van der Waals surface area contributed by atoms with Crippen molar-refractivity contribution in [1.29, 1.82) is 5.26 Å². The first kappa shape index (κ1) is 26.1. The van der Waals surface area contributed by atoms with Crippen LogP contribution < -0.4 is 20.3 Å². The monoisotopic (exact) mass is 570 g/mol. The fraction of sp³-hybridized carbons (Fsp3) is 0.704. The van der Waals surface area contributed by atoms with Crippen LogP contribution in [0.2, 0.25) is 0 Å². The highest BCUT2D eigenvalue weighted by Gasteiger charge is 2.53. The van der Waals surface area contributed by atoms with Crippen molar-refractivity contribution in [3.63, 3.8) is 0 Å². The number of halogens is 1. The van der Waals surface area contributed by atoms with E-state index in [-0.39, 0.29) is 23.5 Å². The number of hydrogen-bond acceptors (Lipinski definition) is 12. The number of nitriles is 1. The number of ether oxygens (including phenoxy) is 1. The lowest BCUT2D eigenvalue weighted by Gasteiger charge is -2.49. The standard InChI is InChI=1S/C27H35FN8O3S/c1-25(38)12-34(8-4-19(25)37)22-31-23(33-24(32-22)39-15-27-5-2-7-36(27)11-16(28)9-27)35-13-26(14-35)6-3-18-20(26)17(10-29)21(30)40-18/h16,19,37-38H,2-9,11-15,30H2,1H3/t16-,19+,25+,27+/m1/s1. The van der Waals surface area contributed by atoms with E-state index in [9.17, 15) is 19.9 Å². The maximum Gasteiger partial charge on any atom is 0.323 e. The average molecular weight is 571 g/mol. The zero-order valence-corrected chi connectivity index (χ0v) is 23.5. The molecular weight excluding hydrogens is 535 g/mol. The van der Waals surface area contributed by atoms with E-state index in [2.05, 4.69) is 20.9 Å². The maximum atomic E-state index is 14.3. The Labute approximate surface area is 236 Å². The van der Waals surface area contributed by atoms with Crippen molar-refractivity contribution in [2.45, 2.75) is 74.3 Å². The van der Waals surface area contributed by atoms with Crippen molar-refractivity contribution in [3.8, 4) is 12.1 Å². The smallest absolute Gasteiger partial charge is 0.323 e. The number of aliphatic hydroxyl groups excluding tert-OH is 1. The molecule has 4 saturated heterocycles. The molecule has 11 nitrogen and oxygen atoms in total. The van der Waals surface area contributed by atoms with Crippen molar-refractivity contribution in [2.75, 3.05) is 61.4 Å². The third-order valence-corrected chi connectivity index (χ3v) is 10.8. The van der Waals surface area contributed by atoms with Crippen LogP contribution in [0.4, 0.5) is 21.3 Å². The van der Waals surface area contributed by atoms with Gasteiger partial charge in [0.15, 0.2) is 0 Å². The molecule has 0 aromatic carbocycles. The van der Waals surface area contributed by atoms with E-state index in [1.807, 2.05) is 4.90 Å². The molecule has 0 amide bonds. The number of alkyl halides is 1. The summed E-state index contributed by atoms with van der Waals surface area (Å²) < 4.78 is 20.6. The Morgan fingerprint density at radius 3 is 2.70 bits per heavy atom. The van der Waals surface area contributed by atoms with E-state index in [1.54, 1.807) is 6.92 Å². The Morgan fingerprint density at radius 2 is 1.95 bits per heavy atom. The van der Waals surface area contributed by atoms with E-state index >= 15 is 0 Å². The van der Waals surface area contributed by atoms with Crippen molar-refractivity contribution in [1.82, 2.24) is 19.9 Å². The number of fused-ring (bicyclic) bond motifs is 3. The minimum Gasteiger partial charge on any atom is -0.461 e. The lowest BCUT2D eigenvalue weighted by molar-refractivity contribution is -0.0695. The molecule has 0 radical (unpaired) electrons. The summed E-state index contributed by atoms with van der Waals surface area (Å²) in [6.07, 6.45) is 2.92. The second-order valence-corrected chi connectivity index (χ2v) is 13.7. The van der Waals surface area contributed by atoms with E-state index in [0.29, 0.717) is 68.1 Å². The first-order valence-corrected chi connectivity index (χ1v) is 14.9. The number of aliphatic hydroxyl groups is 2. The highest BCUT2D eigenvalue weighted by atomic mass is 32.1. The van der Waals surface area contributed by atoms with E-state index in [0.717, 1.165) is 37.8 Å². The summed E-state index contributed by atoms with van der Waals surface area (Å²) in [7, 11) is 0. The molecule has 2 aromatic rings. The number of β-amino-alcohol motifs (C(OH)–C–C–N with tert-alkyl or cyclic N) is 1. The van der Waals surface area contributed by atoms with Crippen LogP contribution in [0, 0.1) is 11.3 Å². The molecule has 4 aliphatic heterocycles. The molecule has 7 rings (SSSR count). The molecule has 0 saturated carbocycles. The average Bonchev–Trinajstić information content (AvgIpc) is 3.61. The molecule has 2 aromatic heterocycles. The van der Waals surface area contributed by atoms with Crippen LogP contribution in [0.25, 0.3) is 0 Å². The molecule has 4 N–H and O–H groups in total. The molecule has 13 heteroatoms. The van der Waals surface area contributed by atoms with Crippen LogP contribution in [0.3, 0.4) is 0 Å². The zero-order valence-electron chi connectivity index (χ0n) is 22.6. The van der Waals surface area contributed by atoms with Crippen molar-refractivity contribution in [2.24, 2.45) is 0 Å². The Hall–Kier alpha value is -2.79. The summed E-state index contributed by atoms with van der Waals surface area (Å²) in [5.74, 6) is 0.857. The molecule has 1 aliphatic carbocycles. The largest absolute Gasteiger partial charge is 0.461 e. The summed E-state index contributed by atoms with van der Waals surface area (Å²) >= 11 is 1.52. The van der Waals surface area contributed by atoms with Crippen molar-refractivity contribution < 1.29 is 19.3 Å². The number of thiophene rings is 1. The summed E-state index contributed by atoms with van der Waals surface area (Å²) in [6.45, 7) is 5.20. The number of hydrogen-bond donors (Lipinski definition) is 3. The van der Waals surface area contributed by atoms with Crippen LogP contribution in [-0.4, -0.2) is 99.4 Å². The second kappa shape index (κ2) is 9.11. The molecule has 4 fully saturated rings. The lowest BCUT2D eigenvalue weighted by Crippen LogP contribution is -2.59. The molecular formula is C27H35FN8O3S. The molecule has 1 spiro atoms. The van der Waals surface area contributed by atoms with Gasteiger partial charge < -0.3 is 30.5 Å². The number of anilines is 3. The summed E-state index contributed by atoms with van der Waals surface area (Å²) in [5, 5.41) is 31.4. The highest BCUT2D eigenvalue weighted by molar-refractivity contribution is 7.16. The number of nitrogens with two attached hydrogens (primary N) is 1. The van der Waals surface area contributed by atoms with Crippen LogP contribution in [-0.2, 0) is 11.8 Å². The van der Waals surface area contributed by atoms with Gasteiger partial charge in [0, 0.05) is 42.9 Å². The topological polar surface area (TPSA) is 148 Å². The molecule has 6 heterocycles. The Morgan fingerprint density at radius 1 is 1.18 bits per heavy atom. The second-order valence-electron chi connectivity index (χ2n) is 12.6. The predicted octanol–water partition coefficient (Wildman–Crippen LogP) is 1.37. The number of piperidine rings is 1. The van der Waals surface area contributed by atoms with Crippen LogP contribution >= 0.6 is 11.3 Å². The van der Waals surface area contributed by atoms with Gasteiger partial charge in [0.05, 0.1) is 23.8 Å². The Kier molecular flexibility index (Phi) is 5.95. The molecule has 4 atom stereocenters. The normalized spacial score (nSPS) is 32.7. The van der Waals surface area contributed by atoms with Gasteiger partial charge in [-0.05, 0) is 51.1 Å². The van der Waals surface area contributed by atoms with Crippen LogP contribution in [0.5, 0.6) is 6.01 Å². The molecule has 5 aliphatic rings. The Bertz CT molecular complexity index is 1370. The Balaban J connectivity index is 1.17. The SMILES string of the molecule is C[C@]1(O)CN(c2nc(OC[C@@]34CCCN3C[C@H](F)C4)nc(N3CC4(CCc5sc(N)c(C#N)c54)C3)n2)CC[C@@H]1O. The summed E-state index contributed by atoms with van der Waals surface area (Å²) in [6, 6.07) is 2.49. The number of aromatic nitrogens is 3. The van der Waals surface area contributed by atoms with Gasteiger partial charge in [-0.2, -0.15) is 20.2 Å². The van der Waals surface area contributed by atoms with Gasteiger partial charge in [0.1, 0.15) is 29.4 Å². The highest BCUT2D eigenvalue weighted by Crippen LogP contribution is 2.52. The molecule has 214 valence electrons. The van der Waals surface area contributed by atoms with Crippen LogP contribution in [0.15, 0.2) is 0 Å². The quantitative estimate of drug-likeness (QED) is 0.479. The molecule has 0 bridgehead atoms. The van der Waals surface area contributed by atoms with Crippen LogP contribution in [0.1, 0.15) is 55.0 Å². The third-order valence-electron chi connectivity index (χ3n) is 9.76. The fourth-order valence-electron chi connectivity index (χ4n) is 7.63. The molecule has 0 unspecified atom stereocenters. The van der Waals surface area contributed by atoms with E-state index < -0.39 is 17.9 Å². The summed E-state index contributed by atoms with van der Waals surface area (Å²) in [5.41, 5.74) is 6.06. The fourth-order valence-corrected chi connectivity index (χ4v) is 8.77. The van der Waals surface area contributed by atoms with Gasteiger partial charge in [-0.1, -0.05) is 0 Å². The number of rotatable bonds is 5. The van der Waals surface area contributed by atoms with Gasteiger partial charge >= 0.3 is 6.01 Å². The van der Waals surface area contributed by atoms with Gasteiger partial charge in [-0.25, -0.2) is 4.39 Å². The van der Waals surface area contributed by atoms with Gasteiger partial charge in [-0.15, -0.1) is 11.3 Å². The van der Waals surface area contributed by atoms with Gasteiger partial charge in [0.2, 0.25) is 11.9 Å². The maximum absolute atomic E-state index is 14.3. The van der Waals surface area contributed by atoms with E-state index in [4.69, 9.17) is 20.4 Å². The first-order valence-electron chi connectivity index (χ1n) is 14.1.